The molecule has 4 rings (SSSR count). The monoisotopic (exact) mass is 364 g/mol. The van der Waals surface area contributed by atoms with Gasteiger partial charge in [-0.2, -0.15) is 0 Å². The highest BCUT2D eigenvalue weighted by Gasteiger charge is 2.37. The molecule has 2 aliphatic rings. The Kier molecular flexibility index (Phi) is 4.50. The van der Waals surface area contributed by atoms with E-state index in [4.69, 9.17) is 10.7 Å². The molecule has 0 radical (unpaired) electrons. The summed E-state index contributed by atoms with van der Waals surface area (Å²) in [5.41, 5.74) is 11.6. The van der Waals surface area contributed by atoms with E-state index in [-0.39, 0.29) is 10.8 Å². The van der Waals surface area contributed by atoms with Gasteiger partial charge in [0.2, 0.25) is 0 Å². The number of benzene rings is 1. The van der Waals surface area contributed by atoms with Crippen LogP contribution in [0.3, 0.4) is 0 Å². The van der Waals surface area contributed by atoms with Gasteiger partial charge in [0, 0.05) is 24.7 Å². The fraction of sp³-hybridized carbons (Fsp3) is 0.565. The molecule has 1 aliphatic carbocycles. The lowest BCUT2D eigenvalue weighted by molar-refractivity contribution is 0.332. The first kappa shape index (κ1) is 18.4. The SMILES string of the molecule is CC1(C)CCC(C)(C)c2cc(-c3cncc(N4CCC(N)CC4)n3)ccc21. The van der Waals surface area contributed by atoms with Crippen LogP contribution in [0.15, 0.2) is 30.6 Å². The Hall–Kier alpha value is -1.94. The Bertz CT molecular complexity index is 832. The lowest BCUT2D eigenvalue weighted by Gasteiger charge is -2.42. The van der Waals surface area contributed by atoms with Crippen LogP contribution in [0.5, 0.6) is 0 Å². The minimum absolute atomic E-state index is 0.203. The van der Waals surface area contributed by atoms with E-state index in [9.17, 15) is 0 Å². The van der Waals surface area contributed by atoms with Crippen molar-refractivity contribution in [3.05, 3.63) is 41.7 Å². The lowest BCUT2D eigenvalue weighted by Crippen LogP contribution is -2.40. The van der Waals surface area contributed by atoms with Crippen LogP contribution in [0.25, 0.3) is 11.3 Å². The second kappa shape index (κ2) is 6.59. The molecular formula is C23H32N4. The van der Waals surface area contributed by atoms with E-state index >= 15 is 0 Å². The van der Waals surface area contributed by atoms with Crippen LogP contribution in [0.2, 0.25) is 0 Å². The largest absolute Gasteiger partial charge is 0.355 e. The molecule has 0 atom stereocenters. The molecule has 1 aromatic carbocycles. The second-order valence-corrected chi connectivity index (χ2v) is 9.62. The number of hydrogen-bond donors (Lipinski definition) is 1. The van der Waals surface area contributed by atoms with E-state index in [1.807, 2.05) is 12.4 Å². The summed E-state index contributed by atoms with van der Waals surface area (Å²) in [6.45, 7) is 11.4. The average Bonchev–Trinajstić information content (AvgIpc) is 2.66. The number of hydrogen-bond acceptors (Lipinski definition) is 4. The smallest absolute Gasteiger partial charge is 0.147 e. The molecule has 2 N–H and O–H groups in total. The zero-order chi connectivity index (χ0) is 19.2. The van der Waals surface area contributed by atoms with E-state index in [1.165, 1.54) is 29.5 Å². The number of aromatic nitrogens is 2. The number of anilines is 1. The van der Waals surface area contributed by atoms with Gasteiger partial charge >= 0.3 is 0 Å². The Morgan fingerprint density at radius 1 is 0.963 bits per heavy atom. The van der Waals surface area contributed by atoms with Crippen LogP contribution in [-0.4, -0.2) is 29.1 Å². The molecule has 0 saturated carbocycles. The van der Waals surface area contributed by atoms with Crippen molar-refractivity contribution in [1.29, 1.82) is 0 Å². The maximum atomic E-state index is 6.05. The van der Waals surface area contributed by atoms with Crippen LogP contribution >= 0.6 is 0 Å². The number of piperidine rings is 1. The fourth-order valence-corrected chi connectivity index (χ4v) is 4.52. The van der Waals surface area contributed by atoms with E-state index in [0.717, 1.165) is 37.4 Å². The van der Waals surface area contributed by atoms with Crippen molar-refractivity contribution in [1.82, 2.24) is 9.97 Å². The third-order valence-electron chi connectivity index (χ3n) is 6.63. The summed E-state index contributed by atoms with van der Waals surface area (Å²) >= 11 is 0. The van der Waals surface area contributed by atoms with Crippen molar-refractivity contribution in [2.24, 2.45) is 5.73 Å². The van der Waals surface area contributed by atoms with Gasteiger partial charge in [0.05, 0.1) is 18.1 Å². The van der Waals surface area contributed by atoms with Gasteiger partial charge in [-0.05, 0) is 53.7 Å². The van der Waals surface area contributed by atoms with Crippen LogP contribution in [0.1, 0.15) is 64.5 Å². The Labute approximate surface area is 163 Å². The van der Waals surface area contributed by atoms with Crippen molar-refractivity contribution < 1.29 is 0 Å². The van der Waals surface area contributed by atoms with Gasteiger partial charge in [-0.15, -0.1) is 0 Å². The Balaban J connectivity index is 1.70. The van der Waals surface area contributed by atoms with Crippen LogP contribution in [0.4, 0.5) is 5.82 Å². The van der Waals surface area contributed by atoms with E-state index in [1.54, 1.807) is 0 Å². The predicted molar refractivity (Wildman–Crippen MR) is 112 cm³/mol. The van der Waals surface area contributed by atoms with Gasteiger partial charge in [-0.1, -0.05) is 39.8 Å². The normalized spacial score (nSPS) is 21.7. The second-order valence-electron chi connectivity index (χ2n) is 9.62. The molecule has 27 heavy (non-hydrogen) atoms. The van der Waals surface area contributed by atoms with Crippen LogP contribution in [0, 0.1) is 0 Å². The first-order chi connectivity index (χ1) is 12.8. The molecule has 1 saturated heterocycles. The van der Waals surface area contributed by atoms with Crippen LogP contribution < -0.4 is 10.6 Å². The number of nitrogens with two attached hydrogens (primary N) is 1. The first-order valence-corrected chi connectivity index (χ1v) is 10.2. The number of rotatable bonds is 2. The molecule has 0 unspecified atom stereocenters. The van der Waals surface area contributed by atoms with Gasteiger partial charge in [0.15, 0.2) is 0 Å². The summed E-state index contributed by atoms with van der Waals surface area (Å²) in [6, 6.07) is 7.22. The Morgan fingerprint density at radius 3 is 2.33 bits per heavy atom. The number of fused-ring (bicyclic) bond motifs is 1. The van der Waals surface area contributed by atoms with Crippen molar-refractivity contribution in [3.63, 3.8) is 0 Å². The van der Waals surface area contributed by atoms with Crippen LogP contribution in [-0.2, 0) is 10.8 Å². The highest BCUT2D eigenvalue weighted by atomic mass is 15.2. The molecule has 0 spiro atoms. The summed E-state index contributed by atoms with van der Waals surface area (Å²) in [4.78, 5) is 11.8. The molecule has 2 aromatic rings. The third-order valence-corrected chi connectivity index (χ3v) is 6.63. The fourth-order valence-electron chi connectivity index (χ4n) is 4.52. The third kappa shape index (κ3) is 3.47. The van der Waals surface area contributed by atoms with E-state index in [2.05, 4.69) is 55.8 Å². The molecule has 1 fully saturated rings. The van der Waals surface area contributed by atoms with Crippen molar-refractivity contribution >= 4 is 5.82 Å². The first-order valence-electron chi connectivity index (χ1n) is 10.2. The molecule has 0 bridgehead atoms. The minimum atomic E-state index is 0.203. The summed E-state index contributed by atoms with van der Waals surface area (Å²) in [7, 11) is 0. The summed E-state index contributed by atoms with van der Waals surface area (Å²) in [5.74, 6) is 0.969. The Morgan fingerprint density at radius 2 is 1.63 bits per heavy atom. The van der Waals surface area contributed by atoms with Crippen molar-refractivity contribution in [2.75, 3.05) is 18.0 Å². The zero-order valence-electron chi connectivity index (χ0n) is 17.1. The van der Waals surface area contributed by atoms with Gasteiger partial charge in [-0.25, -0.2) is 4.98 Å². The molecule has 4 nitrogen and oxygen atoms in total. The molecule has 1 aromatic heterocycles. The minimum Gasteiger partial charge on any atom is -0.355 e. The summed E-state index contributed by atoms with van der Waals surface area (Å²) < 4.78 is 0. The van der Waals surface area contributed by atoms with E-state index in [0.29, 0.717) is 6.04 Å². The summed E-state index contributed by atoms with van der Waals surface area (Å²) in [5, 5.41) is 0. The molecule has 1 aliphatic heterocycles. The lowest BCUT2D eigenvalue weighted by atomic mass is 9.63. The quantitative estimate of drug-likeness (QED) is 0.857. The molecule has 0 amide bonds. The van der Waals surface area contributed by atoms with Gasteiger partial charge < -0.3 is 10.6 Å². The summed E-state index contributed by atoms with van der Waals surface area (Å²) in [6.07, 6.45) is 8.27. The van der Waals surface area contributed by atoms with Crippen molar-refractivity contribution in [3.8, 4) is 11.3 Å². The standard InChI is InChI=1S/C23H32N4/c1-22(2)9-10-23(3,4)19-13-16(5-6-18(19)22)20-14-25-15-21(26-20)27-11-7-17(24)8-12-27/h5-6,13-15,17H,7-12,24H2,1-4H3. The zero-order valence-corrected chi connectivity index (χ0v) is 17.1. The van der Waals surface area contributed by atoms with Gasteiger partial charge in [-0.3, -0.25) is 4.98 Å². The maximum absolute atomic E-state index is 6.05. The van der Waals surface area contributed by atoms with Gasteiger partial charge in [0.1, 0.15) is 5.82 Å². The van der Waals surface area contributed by atoms with Crippen molar-refractivity contribution in [2.45, 2.75) is 70.3 Å². The maximum Gasteiger partial charge on any atom is 0.147 e. The average molecular weight is 365 g/mol. The predicted octanol–water partition coefficient (Wildman–Crippen LogP) is 4.42. The van der Waals surface area contributed by atoms with Gasteiger partial charge in [0.25, 0.3) is 0 Å². The topological polar surface area (TPSA) is 55.0 Å². The number of nitrogens with zero attached hydrogens (tertiary/aromatic N) is 3. The molecule has 4 heteroatoms. The molecule has 144 valence electrons. The molecular weight excluding hydrogens is 332 g/mol. The highest BCUT2D eigenvalue weighted by molar-refractivity contribution is 5.64. The molecule has 2 heterocycles. The van der Waals surface area contributed by atoms with E-state index < -0.39 is 0 Å². The highest BCUT2D eigenvalue weighted by Crippen LogP contribution is 2.46.